The molecule has 4 rings (SSSR count). The van der Waals surface area contributed by atoms with Gasteiger partial charge < -0.3 is 9.64 Å². The molecule has 1 amide bonds. The minimum atomic E-state index is -0.00409. The lowest BCUT2D eigenvalue weighted by molar-refractivity contribution is 0.0751. The maximum absolute atomic E-state index is 13.0. The molecule has 28 heavy (non-hydrogen) atoms. The third-order valence-corrected chi connectivity index (χ3v) is 4.79. The van der Waals surface area contributed by atoms with Gasteiger partial charge in [-0.05, 0) is 54.3 Å². The summed E-state index contributed by atoms with van der Waals surface area (Å²) in [5.41, 5.74) is 5.29. The summed E-state index contributed by atoms with van der Waals surface area (Å²) in [6.07, 6.45) is 0. The zero-order valence-corrected chi connectivity index (χ0v) is 15.9. The van der Waals surface area contributed by atoms with E-state index in [1.54, 1.807) is 25.3 Å². The van der Waals surface area contributed by atoms with Gasteiger partial charge in [0.2, 0.25) is 0 Å². The Bertz CT molecular complexity index is 1080. The molecule has 1 aromatic heterocycles. The van der Waals surface area contributed by atoms with Crippen molar-refractivity contribution in [1.82, 2.24) is 9.88 Å². The summed E-state index contributed by atoms with van der Waals surface area (Å²) in [5.74, 6) is 6.80. The predicted molar refractivity (Wildman–Crippen MR) is 108 cm³/mol. The van der Waals surface area contributed by atoms with Gasteiger partial charge in [0.15, 0.2) is 0 Å². The van der Waals surface area contributed by atoms with E-state index in [-0.39, 0.29) is 5.91 Å². The first-order valence-electron chi connectivity index (χ1n) is 9.14. The second kappa shape index (κ2) is 7.58. The van der Waals surface area contributed by atoms with Gasteiger partial charge in [-0.1, -0.05) is 36.3 Å². The molecule has 0 saturated carbocycles. The molecule has 0 fully saturated rings. The average molecular weight is 368 g/mol. The molecule has 0 bridgehead atoms. The molecular formula is C24H20N2O2. The summed E-state index contributed by atoms with van der Waals surface area (Å²) in [5, 5.41) is 0. The van der Waals surface area contributed by atoms with Crippen LogP contribution in [0.1, 0.15) is 38.4 Å². The summed E-state index contributed by atoms with van der Waals surface area (Å²) in [7, 11) is 1.60. The van der Waals surface area contributed by atoms with Crippen LogP contribution in [0.3, 0.4) is 0 Å². The highest BCUT2D eigenvalue weighted by molar-refractivity contribution is 5.95. The topological polar surface area (TPSA) is 42.4 Å². The molecule has 0 unspecified atom stereocenters. The van der Waals surface area contributed by atoms with E-state index in [9.17, 15) is 4.79 Å². The summed E-state index contributed by atoms with van der Waals surface area (Å²) in [6.45, 7) is 3.20. The number of hydrogen-bond donors (Lipinski definition) is 0. The minimum Gasteiger partial charge on any atom is -0.495 e. The van der Waals surface area contributed by atoms with Crippen LogP contribution < -0.4 is 4.74 Å². The Balaban J connectivity index is 1.61. The lowest BCUT2D eigenvalue weighted by Gasteiger charge is -2.16. The van der Waals surface area contributed by atoms with Crippen molar-refractivity contribution in [1.29, 1.82) is 0 Å². The van der Waals surface area contributed by atoms with Crippen LogP contribution in [0.15, 0.2) is 60.7 Å². The third kappa shape index (κ3) is 3.60. The number of carbonyl (C=O) groups is 1. The number of amides is 1. The SMILES string of the molecule is COc1ccc(C(=O)N2Cc3ccccc3C2)cc1C#Cc1cccc(C)n1. The van der Waals surface area contributed by atoms with E-state index in [1.165, 1.54) is 11.1 Å². The van der Waals surface area contributed by atoms with Crippen LogP contribution in [0.2, 0.25) is 0 Å². The first-order valence-corrected chi connectivity index (χ1v) is 9.14. The Hall–Kier alpha value is -3.58. The van der Waals surface area contributed by atoms with Gasteiger partial charge in [-0.25, -0.2) is 4.98 Å². The van der Waals surface area contributed by atoms with E-state index in [2.05, 4.69) is 29.0 Å². The van der Waals surface area contributed by atoms with Crippen LogP contribution in [0, 0.1) is 18.8 Å². The predicted octanol–water partition coefficient (Wildman–Crippen LogP) is 3.95. The first-order chi connectivity index (χ1) is 13.6. The largest absolute Gasteiger partial charge is 0.495 e. The Morgan fingerprint density at radius 2 is 1.75 bits per heavy atom. The van der Waals surface area contributed by atoms with Crippen LogP contribution in [0.5, 0.6) is 5.75 Å². The van der Waals surface area contributed by atoms with Crippen LogP contribution >= 0.6 is 0 Å². The molecule has 4 nitrogen and oxygen atoms in total. The quantitative estimate of drug-likeness (QED) is 0.643. The molecule has 0 saturated heterocycles. The number of pyridine rings is 1. The molecular weight excluding hydrogens is 348 g/mol. The van der Waals surface area contributed by atoms with Gasteiger partial charge in [-0.15, -0.1) is 0 Å². The maximum atomic E-state index is 13.0. The van der Waals surface area contributed by atoms with Crippen LogP contribution in [-0.4, -0.2) is 22.9 Å². The highest BCUT2D eigenvalue weighted by Gasteiger charge is 2.24. The second-order valence-corrected chi connectivity index (χ2v) is 6.76. The average Bonchev–Trinajstić information content (AvgIpc) is 3.16. The van der Waals surface area contributed by atoms with Gasteiger partial charge in [0.05, 0.1) is 12.7 Å². The zero-order valence-electron chi connectivity index (χ0n) is 15.9. The standard InChI is InChI=1S/C24H20N2O2/c1-17-6-5-9-22(25-17)12-10-18-14-19(11-13-23(18)28-2)24(27)26-15-20-7-3-4-8-21(20)16-26/h3-9,11,13-14H,15-16H2,1-2H3. The molecule has 4 heteroatoms. The number of aromatic nitrogens is 1. The molecule has 3 aromatic rings. The van der Waals surface area contributed by atoms with Gasteiger partial charge >= 0.3 is 0 Å². The van der Waals surface area contributed by atoms with Gasteiger partial charge in [-0.2, -0.15) is 0 Å². The smallest absolute Gasteiger partial charge is 0.254 e. The van der Waals surface area contributed by atoms with Crippen molar-refractivity contribution in [3.05, 3.63) is 94.3 Å². The fourth-order valence-electron chi connectivity index (χ4n) is 3.34. The van der Waals surface area contributed by atoms with Crippen molar-refractivity contribution in [3.63, 3.8) is 0 Å². The van der Waals surface area contributed by atoms with E-state index in [0.717, 1.165) is 5.69 Å². The molecule has 138 valence electrons. The summed E-state index contributed by atoms with van der Waals surface area (Å²) >= 11 is 0. The van der Waals surface area contributed by atoms with E-state index < -0.39 is 0 Å². The van der Waals surface area contributed by atoms with E-state index in [1.807, 2.05) is 42.2 Å². The Morgan fingerprint density at radius 3 is 2.43 bits per heavy atom. The molecule has 2 aromatic carbocycles. The monoisotopic (exact) mass is 368 g/mol. The Kier molecular flexibility index (Phi) is 4.82. The van der Waals surface area contributed by atoms with Gasteiger partial charge in [0.1, 0.15) is 11.4 Å². The van der Waals surface area contributed by atoms with E-state index >= 15 is 0 Å². The number of nitrogens with zero attached hydrogens (tertiary/aromatic N) is 2. The van der Waals surface area contributed by atoms with Crippen LogP contribution in [0.4, 0.5) is 0 Å². The van der Waals surface area contributed by atoms with E-state index in [4.69, 9.17) is 4.74 Å². The number of fused-ring (bicyclic) bond motifs is 1. The van der Waals surface area contributed by atoms with Crippen molar-refractivity contribution in [2.75, 3.05) is 7.11 Å². The number of ether oxygens (including phenoxy) is 1. The van der Waals surface area contributed by atoms with Crippen molar-refractivity contribution < 1.29 is 9.53 Å². The van der Waals surface area contributed by atoms with Crippen molar-refractivity contribution in [2.24, 2.45) is 0 Å². The number of methoxy groups -OCH3 is 1. The fraction of sp³-hybridized carbons (Fsp3) is 0.167. The van der Waals surface area contributed by atoms with Gasteiger partial charge in [-0.3, -0.25) is 4.79 Å². The first kappa shape index (κ1) is 17.8. The number of hydrogen-bond acceptors (Lipinski definition) is 3. The molecule has 2 heterocycles. The van der Waals surface area contributed by atoms with Crippen molar-refractivity contribution in [2.45, 2.75) is 20.0 Å². The molecule has 0 atom stereocenters. The fourth-order valence-corrected chi connectivity index (χ4v) is 3.34. The van der Waals surface area contributed by atoms with Crippen LogP contribution in [0.25, 0.3) is 0 Å². The van der Waals surface area contributed by atoms with Crippen molar-refractivity contribution in [3.8, 4) is 17.6 Å². The number of carbonyl (C=O) groups excluding carboxylic acids is 1. The van der Waals surface area contributed by atoms with E-state index in [0.29, 0.717) is 35.7 Å². The van der Waals surface area contributed by atoms with Gasteiger partial charge in [0.25, 0.3) is 5.91 Å². The maximum Gasteiger partial charge on any atom is 0.254 e. The molecule has 1 aliphatic heterocycles. The molecule has 0 radical (unpaired) electrons. The lowest BCUT2D eigenvalue weighted by atomic mass is 10.1. The highest BCUT2D eigenvalue weighted by atomic mass is 16.5. The highest BCUT2D eigenvalue weighted by Crippen LogP contribution is 2.26. The second-order valence-electron chi connectivity index (χ2n) is 6.76. The molecule has 0 aliphatic carbocycles. The Morgan fingerprint density at radius 1 is 1.00 bits per heavy atom. The third-order valence-electron chi connectivity index (χ3n) is 4.79. The minimum absolute atomic E-state index is 0.00409. The number of aryl methyl sites for hydroxylation is 1. The molecule has 0 spiro atoms. The number of rotatable bonds is 2. The van der Waals surface area contributed by atoms with Gasteiger partial charge in [0, 0.05) is 24.3 Å². The summed E-state index contributed by atoms with van der Waals surface area (Å²) < 4.78 is 5.42. The molecule has 1 aliphatic rings. The lowest BCUT2D eigenvalue weighted by Crippen LogP contribution is -2.25. The summed E-state index contributed by atoms with van der Waals surface area (Å²) in [4.78, 5) is 19.3. The zero-order chi connectivity index (χ0) is 19.5. The molecule has 0 N–H and O–H groups in total. The van der Waals surface area contributed by atoms with Crippen molar-refractivity contribution >= 4 is 5.91 Å². The normalized spacial score (nSPS) is 12.1. The Labute approximate surface area is 164 Å². The summed E-state index contributed by atoms with van der Waals surface area (Å²) in [6, 6.07) is 19.3. The number of benzene rings is 2. The van der Waals surface area contributed by atoms with Crippen LogP contribution in [-0.2, 0) is 13.1 Å².